The van der Waals surface area contributed by atoms with Crippen LogP contribution < -0.4 is 4.90 Å². The lowest BCUT2D eigenvalue weighted by Gasteiger charge is -2.16. The molecule has 0 bridgehead atoms. The molecule has 1 heterocycles. The Bertz CT molecular complexity index is 926. The van der Waals surface area contributed by atoms with Crippen LogP contribution in [0.1, 0.15) is 16.8 Å². The first-order valence-electron chi connectivity index (χ1n) is 8.35. The Balaban J connectivity index is 1.56. The van der Waals surface area contributed by atoms with E-state index in [0.29, 0.717) is 10.7 Å². The van der Waals surface area contributed by atoms with Gasteiger partial charge in [-0.1, -0.05) is 11.6 Å². The summed E-state index contributed by atoms with van der Waals surface area (Å²) >= 11 is 5.84. The minimum absolute atomic E-state index is 0.00676. The SMILES string of the molecule is O=C(COC(=O)C1CC(=O)N(c2ccc(Cl)cc2)C1)c1ccc([N+](=O)[O-])cc1. The highest BCUT2D eigenvalue weighted by molar-refractivity contribution is 6.30. The second kappa shape index (κ2) is 8.18. The summed E-state index contributed by atoms with van der Waals surface area (Å²) < 4.78 is 5.05. The maximum atomic E-state index is 12.2. The molecule has 28 heavy (non-hydrogen) atoms. The third-order valence-electron chi connectivity index (χ3n) is 4.34. The number of ether oxygens (including phenoxy) is 1. The Hall–Kier alpha value is -3.26. The van der Waals surface area contributed by atoms with Crippen molar-refractivity contribution in [3.8, 4) is 0 Å². The van der Waals surface area contributed by atoms with E-state index in [-0.39, 0.29) is 30.1 Å². The summed E-state index contributed by atoms with van der Waals surface area (Å²) in [6.45, 7) is -0.340. The van der Waals surface area contributed by atoms with Crippen LogP contribution in [0.2, 0.25) is 5.02 Å². The zero-order valence-electron chi connectivity index (χ0n) is 14.5. The van der Waals surface area contributed by atoms with Gasteiger partial charge in [-0.3, -0.25) is 24.5 Å². The molecule has 1 amide bonds. The highest BCUT2D eigenvalue weighted by Crippen LogP contribution is 2.27. The summed E-state index contributed by atoms with van der Waals surface area (Å²) in [5.41, 5.74) is 0.690. The summed E-state index contributed by atoms with van der Waals surface area (Å²) in [6.07, 6.45) is -0.00676. The van der Waals surface area contributed by atoms with Gasteiger partial charge in [0.05, 0.1) is 10.8 Å². The maximum Gasteiger partial charge on any atom is 0.311 e. The lowest BCUT2D eigenvalue weighted by molar-refractivity contribution is -0.384. The summed E-state index contributed by atoms with van der Waals surface area (Å²) in [5, 5.41) is 11.2. The standard InChI is InChI=1S/C19H15ClN2O6/c20-14-3-7-15(8-4-14)21-10-13(9-18(21)24)19(25)28-11-17(23)12-1-5-16(6-2-12)22(26)27/h1-8,13H,9-11H2. The van der Waals surface area contributed by atoms with Crippen molar-refractivity contribution in [3.63, 3.8) is 0 Å². The van der Waals surface area contributed by atoms with Gasteiger partial charge in [-0.15, -0.1) is 0 Å². The van der Waals surface area contributed by atoms with Crippen LogP contribution in [0, 0.1) is 16.0 Å². The van der Waals surface area contributed by atoms with Crippen LogP contribution in [0.5, 0.6) is 0 Å². The lowest BCUT2D eigenvalue weighted by atomic mass is 10.1. The van der Waals surface area contributed by atoms with Crippen molar-refractivity contribution in [2.45, 2.75) is 6.42 Å². The van der Waals surface area contributed by atoms with E-state index in [4.69, 9.17) is 16.3 Å². The van der Waals surface area contributed by atoms with Gasteiger partial charge in [0, 0.05) is 41.4 Å². The van der Waals surface area contributed by atoms with E-state index >= 15 is 0 Å². The van der Waals surface area contributed by atoms with Crippen molar-refractivity contribution < 1.29 is 24.0 Å². The molecule has 0 aliphatic carbocycles. The molecule has 1 fully saturated rings. The molecule has 1 atom stereocenters. The normalized spacial score (nSPS) is 16.1. The fraction of sp³-hybridized carbons (Fsp3) is 0.211. The average molecular weight is 403 g/mol. The number of benzene rings is 2. The van der Waals surface area contributed by atoms with Crippen LogP contribution >= 0.6 is 11.6 Å². The van der Waals surface area contributed by atoms with Crippen molar-refractivity contribution >= 4 is 40.6 Å². The Morgan fingerprint density at radius 2 is 1.79 bits per heavy atom. The number of hydrogen-bond acceptors (Lipinski definition) is 6. The number of amides is 1. The first-order valence-corrected chi connectivity index (χ1v) is 8.73. The van der Waals surface area contributed by atoms with E-state index in [1.54, 1.807) is 24.3 Å². The predicted octanol–water partition coefficient (Wildman–Crippen LogP) is 3.03. The maximum absolute atomic E-state index is 12.2. The van der Waals surface area contributed by atoms with E-state index in [0.717, 1.165) is 0 Å². The number of hydrogen-bond donors (Lipinski definition) is 0. The average Bonchev–Trinajstić information content (AvgIpc) is 3.08. The number of Topliss-reactive ketones (excluding diaryl/α,β-unsaturated/α-hetero) is 1. The van der Waals surface area contributed by atoms with E-state index in [1.807, 2.05) is 0 Å². The van der Waals surface area contributed by atoms with Gasteiger partial charge in [0.25, 0.3) is 5.69 Å². The predicted molar refractivity (Wildman–Crippen MR) is 100 cm³/mol. The number of nitro groups is 1. The van der Waals surface area contributed by atoms with E-state index in [2.05, 4.69) is 0 Å². The molecule has 1 saturated heterocycles. The topological polar surface area (TPSA) is 107 Å². The van der Waals surface area contributed by atoms with Crippen molar-refractivity contribution in [2.24, 2.45) is 5.92 Å². The van der Waals surface area contributed by atoms with Gasteiger partial charge >= 0.3 is 5.97 Å². The summed E-state index contributed by atoms with van der Waals surface area (Å²) in [5.74, 6) is -2.01. The number of halogens is 1. The zero-order chi connectivity index (χ0) is 20.3. The first kappa shape index (κ1) is 19.5. The fourth-order valence-corrected chi connectivity index (χ4v) is 2.97. The number of nitrogens with zero attached hydrogens (tertiary/aromatic N) is 2. The van der Waals surface area contributed by atoms with E-state index < -0.39 is 29.2 Å². The molecule has 8 nitrogen and oxygen atoms in total. The number of rotatable bonds is 6. The molecule has 9 heteroatoms. The molecule has 144 valence electrons. The van der Waals surface area contributed by atoms with Gasteiger partial charge in [-0.2, -0.15) is 0 Å². The van der Waals surface area contributed by atoms with Gasteiger partial charge in [0.15, 0.2) is 12.4 Å². The zero-order valence-corrected chi connectivity index (χ0v) is 15.3. The molecule has 2 aromatic rings. The van der Waals surface area contributed by atoms with Crippen molar-refractivity contribution in [1.29, 1.82) is 0 Å². The molecule has 0 N–H and O–H groups in total. The Morgan fingerprint density at radius 1 is 1.14 bits per heavy atom. The molecule has 2 aromatic carbocycles. The Morgan fingerprint density at radius 3 is 2.39 bits per heavy atom. The van der Waals surface area contributed by atoms with Crippen molar-refractivity contribution in [3.05, 3.63) is 69.2 Å². The van der Waals surface area contributed by atoms with Gasteiger partial charge in [-0.05, 0) is 36.4 Å². The first-order chi connectivity index (χ1) is 13.3. The minimum Gasteiger partial charge on any atom is -0.457 e. The van der Waals surface area contributed by atoms with Crippen LogP contribution in [0.4, 0.5) is 11.4 Å². The highest BCUT2D eigenvalue weighted by Gasteiger charge is 2.36. The van der Waals surface area contributed by atoms with Gasteiger partial charge in [0.1, 0.15) is 0 Å². The van der Waals surface area contributed by atoms with Crippen LogP contribution in [-0.4, -0.2) is 35.7 Å². The largest absolute Gasteiger partial charge is 0.457 e. The fourth-order valence-electron chi connectivity index (χ4n) is 2.84. The number of carbonyl (C=O) groups excluding carboxylic acids is 3. The molecule has 0 aromatic heterocycles. The van der Waals surface area contributed by atoms with Crippen LogP contribution in [0.25, 0.3) is 0 Å². The van der Waals surface area contributed by atoms with Gasteiger partial charge in [0.2, 0.25) is 5.91 Å². The van der Waals surface area contributed by atoms with E-state index in [1.165, 1.54) is 29.2 Å². The number of nitro benzene ring substituents is 1. The summed E-state index contributed by atoms with van der Waals surface area (Å²) in [7, 11) is 0. The molecule has 0 spiro atoms. The van der Waals surface area contributed by atoms with Gasteiger partial charge < -0.3 is 9.64 Å². The molecule has 1 aliphatic heterocycles. The monoisotopic (exact) mass is 402 g/mol. The molecular formula is C19H15ClN2O6. The Kier molecular flexibility index (Phi) is 5.70. The van der Waals surface area contributed by atoms with Crippen LogP contribution in [0.3, 0.4) is 0 Å². The quantitative estimate of drug-likeness (QED) is 0.318. The smallest absolute Gasteiger partial charge is 0.311 e. The van der Waals surface area contributed by atoms with Crippen molar-refractivity contribution in [2.75, 3.05) is 18.1 Å². The molecular weight excluding hydrogens is 388 g/mol. The number of anilines is 1. The third kappa shape index (κ3) is 4.34. The third-order valence-corrected chi connectivity index (χ3v) is 4.59. The number of carbonyl (C=O) groups is 3. The number of esters is 1. The van der Waals surface area contributed by atoms with Crippen molar-refractivity contribution in [1.82, 2.24) is 0 Å². The molecule has 1 unspecified atom stereocenters. The minimum atomic E-state index is -0.673. The molecule has 1 aliphatic rings. The highest BCUT2D eigenvalue weighted by atomic mass is 35.5. The second-order valence-corrected chi connectivity index (χ2v) is 6.65. The van der Waals surface area contributed by atoms with Crippen LogP contribution in [0.15, 0.2) is 48.5 Å². The number of non-ortho nitro benzene ring substituents is 1. The van der Waals surface area contributed by atoms with Gasteiger partial charge in [-0.25, -0.2) is 0 Å². The number of ketones is 1. The summed E-state index contributed by atoms with van der Waals surface area (Å²) in [4.78, 5) is 48.0. The molecule has 0 saturated carbocycles. The summed E-state index contributed by atoms with van der Waals surface area (Å²) in [6, 6.07) is 11.7. The molecule has 0 radical (unpaired) electrons. The second-order valence-electron chi connectivity index (χ2n) is 6.22. The van der Waals surface area contributed by atoms with E-state index in [9.17, 15) is 24.5 Å². The Labute approximate surface area is 164 Å². The lowest BCUT2D eigenvalue weighted by Crippen LogP contribution is -2.27. The molecule has 3 rings (SSSR count). The van der Waals surface area contributed by atoms with Crippen LogP contribution in [-0.2, 0) is 14.3 Å².